The van der Waals surface area contributed by atoms with Crippen LogP contribution in [-0.2, 0) is 11.3 Å². The van der Waals surface area contributed by atoms with Gasteiger partial charge >= 0.3 is 0 Å². The number of aryl methyl sites for hydroxylation is 2. The van der Waals surface area contributed by atoms with Crippen LogP contribution in [0.2, 0.25) is 0 Å². The molecule has 4 nitrogen and oxygen atoms in total. The largest absolute Gasteiger partial charge is 0.341 e. The third-order valence-corrected chi connectivity index (χ3v) is 5.93. The van der Waals surface area contributed by atoms with Crippen molar-refractivity contribution in [3.8, 4) is 0 Å². The molecule has 0 bridgehead atoms. The van der Waals surface area contributed by atoms with E-state index in [0.29, 0.717) is 13.1 Å². The van der Waals surface area contributed by atoms with Crippen molar-refractivity contribution in [1.29, 1.82) is 0 Å². The van der Waals surface area contributed by atoms with Gasteiger partial charge in [-0.2, -0.15) is 0 Å². The van der Waals surface area contributed by atoms with Crippen molar-refractivity contribution >= 4 is 23.2 Å². The van der Waals surface area contributed by atoms with Crippen LogP contribution < -0.4 is 0 Å². The van der Waals surface area contributed by atoms with Crippen molar-refractivity contribution in [2.45, 2.75) is 33.2 Å². The molecule has 0 radical (unpaired) electrons. The summed E-state index contributed by atoms with van der Waals surface area (Å²) in [4.78, 5) is 29.9. The molecule has 138 valence electrons. The zero-order chi connectivity index (χ0) is 18.7. The summed E-state index contributed by atoms with van der Waals surface area (Å²) < 4.78 is 0. The summed E-state index contributed by atoms with van der Waals surface area (Å²) in [6, 6.07) is 10.1. The first-order valence-corrected chi connectivity index (χ1v) is 9.97. The Bertz CT molecular complexity index is 785. The van der Waals surface area contributed by atoms with Gasteiger partial charge in [-0.3, -0.25) is 9.59 Å². The van der Waals surface area contributed by atoms with Crippen LogP contribution in [0.25, 0.3) is 0 Å². The predicted molar refractivity (Wildman–Crippen MR) is 105 cm³/mol. The molecular weight excluding hydrogens is 344 g/mol. The minimum absolute atomic E-state index is 0.0505. The summed E-state index contributed by atoms with van der Waals surface area (Å²) in [6.45, 7) is 6.03. The molecule has 1 aliphatic rings. The van der Waals surface area contributed by atoms with Gasteiger partial charge in [-0.1, -0.05) is 29.8 Å². The Labute approximate surface area is 159 Å². The summed E-state index contributed by atoms with van der Waals surface area (Å²) in [7, 11) is 1.86. The van der Waals surface area contributed by atoms with Crippen LogP contribution in [0.5, 0.6) is 0 Å². The molecule has 1 aliphatic heterocycles. The summed E-state index contributed by atoms with van der Waals surface area (Å²) in [6.07, 6.45) is 1.73. The zero-order valence-electron chi connectivity index (χ0n) is 15.7. The standard InChI is InChI=1S/C21H26N2O2S/c1-15-8-9-17(16(2)12-15)13-22(3)20(24)18-6-4-10-23(14-18)21(25)19-7-5-11-26-19/h5,7-9,11-12,18H,4,6,10,13-14H2,1-3H3/t18-/m1/s1. The lowest BCUT2D eigenvalue weighted by molar-refractivity contribution is -0.136. The Morgan fingerprint density at radius 3 is 2.77 bits per heavy atom. The topological polar surface area (TPSA) is 40.6 Å². The maximum atomic E-state index is 12.9. The molecule has 3 rings (SSSR count). The van der Waals surface area contributed by atoms with Gasteiger partial charge in [0, 0.05) is 26.7 Å². The van der Waals surface area contributed by atoms with Crippen LogP contribution >= 0.6 is 11.3 Å². The number of carbonyl (C=O) groups is 2. The summed E-state index contributed by atoms with van der Waals surface area (Å²) in [5.74, 6) is 0.0756. The van der Waals surface area contributed by atoms with Gasteiger partial charge in [0.2, 0.25) is 5.91 Å². The van der Waals surface area contributed by atoms with E-state index in [1.54, 1.807) is 4.90 Å². The van der Waals surface area contributed by atoms with Gasteiger partial charge in [-0.25, -0.2) is 0 Å². The fourth-order valence-corrected chi connectivity index (χ4v) is 4.28. The Balaban J connectivity index is 1.64. The maximum absolute atomic E-state index is 12.9. The van der Waals surface area contributed by atoms with E-state index in [0.717, 1.165) is 24.3 Å². The number of piperidine rings is 1. The van der Waals surface area contributed by atoms with E-state index in [1.165, 1.54) is 28.0 Å². The quantitative estimate of drug-likeness (QED) is 0.820. The van der Waals surface area contributed by atoms with Gasteiger partial charge in [-0.15, -0.1) is 11.3 Å². The van der Waals surface area contributed by atoms with Crippen molar-refractivity contribution in [2.24, 2.45) is 5.92 Å². The fraction of sp³-hybridized carbons (Fsp3) is 0.429. The number of amides is 2. The van der Waals surface area contributed by atoms with Gasteiger partial charge in [-0.05, 0) is 49.3 Å². The van der Waals surface area contributed by atoms with Crippen LogP contribution in [0.3, 0.4) is 0 Å². The van der Waals surface area contributed by atoms with Gasteiger partial charge in [0.1, 0.15) is 0 Å². The Hall–Kier alpha value is -2.14. The monoisotopic (exact) mass is 370 g/mol. The van der Waals surface area contributed by atoms with Crippen LogP contribution in [-0.4, -0.2) is 41.8 Å². The van der Waals surface area contributed by atoms with Crippen molar-refractivity contribution < 1.29 is 9.59 Å². The summed E-state index contributed by atoms with van der Waals surface area (Å²) >= 11 is 1.46. The molecular formula is C21H26N2O2S. The van der Waals surface area contributed by atoms with E-state index in [2.05, 4.69) is 32.0 Å². The highest BCUT2D eigenvalue weighted by Crippen LogP contribution is 2.23. The predicted octanol–water partition coefficient (Wildman–Crippen LogP) is 3.88. The summed E-state index contributed by atoms with van der Waals surface area (Å²) in [5, 5.41) is 1.91. The molecule has 2 amide bonds. The number of benzene rings is 1. The molecule has 0 N–H and O–H groups in total. The number of nitrogens with zero attached hydrogens (tertiary/aromatic N) is 2. The molecule has 26 heavy (non-hydrogen) atoms. The lowest BCUT2D eigenvalue weighted by Crippen LogP contribution is -2.45. The highest BCUT2D eigenvalue weighted by molar-refractivity contribution is 7.12. The molecule has 1 saturated heterocycles. The van der Waals surface area contributed by atoms with Gasteiger partial charge < -0.3 is 9.80 Å². The molecule has 2 aromatic rings. The molecule has 0 aliphatic carbocycles. The number of thiophene rings is 1. The van der Waals surface area contributed by atoms with Crippen molar-refractivity contribution in [1.82, 2.24) is 9.80 Å². The van der Waals surface area contributed by atoms with Crippen molar-refractivity contribution in [3.05, 3.63) is 57.3 Å². The second-order valence-corrected chi connectivity index (χ2v) is 8.14. The van der Waals surface area contributed by atoms with E-state index in [-0.39, 0.29) is 17.7 Å². The average Bonchev–Trinajstić information content (AvgIpc) is 3.17. The van der Waals surface area contributed by atoms with E-state index < -0.39 is 0 Å². The SMILES string of the molecule is Cc1ccc(CN(C)C(=O)[C@@H]2CCCN(C(=O)c3cccs3)C2)c(C)c1. The van der Waals surface area contributed by atoms with Crippen LogP contribution in [0, 0.1) is 19.8 Å². The van der Waals surface area contributed by atoms with Gasteiger partial charge in [0.25, 0.3) is 5.91 Å². The molecule has 1 atom stereocenters. The van der Waals surface area contributed by atoms with Gasteiger partial charge in [0.15, 0.2) is 0 Å². The first-order chi connectivity index (χ1) is 12.5. The van der Waals surface area contributed by atoms with Crippen molar-refractivity contribution in [3.63, 3.8) is 0 Å². The molecule has 0 saturated carbocycles. The smallest absolute Gasteiger partial charge is 0.263 e. The minimum atomic E-state index is -0.108. The molecule has 0 unspecified atom stereocenters. The molecule has 1 aromatic heterocycles. The highest BCUT2D eigenvalue weighted by atomic mass is 32.1. The van der Waals surface area contributed by atoms with Crippen LogP contribution in [0.1, 0.15) is 39.2 Å². The molecule has 0 spiro atoms. The highest BCUT2D eigenvalue weighted by Gasteiger charge is 2.30. The average molecular weight is 371 g/mol. The van der Waals surface area contributed by atoms with E-state index in [9.17, 15) is 9.59 Å². The number of rotatable bonds is 4. The second-order valence-electron chi connectivity index (χ2n) is 7.19. The van der Waals surface area contributed by atoms with E-state index >= 15 is 0 Å². The molecule has 2 heterocycles. The van der Waals surface area contributed by atoms with Crippen LogP contribution in [0.4, 0.5) is 0 Å². The zero-order valence-corrected chi connectivity index (χ0v) is 16.5. The van der Waals surface area contributed by atoms with Crippen LogP contribution in [0.15, 0.2) is 35.7 Å². The lowest BCUT2D eigenvalue weighted by atomic mass is 9.96. The van der Waals surface area contributed by atoms with Gasteiger partial charge in [0.05, 0.1) is 10.8 Å². The maximum Gasteiger partial charge on any atom is 0.263 e. The second kappa shape index (κ2) is 8.04. The number of carbonyl (C=O) groups excluding carboxylic acids is 2. The number of likely N-dealkylation sites (tertiary alicyclic amines) is 1. The number of hydrogen-bond acceptors (Lipinski definition) is 3. The first kappa shape index (κ1) is 18.6. The third kappa shape index (κ3) is 4.15. The van der Waals surface area contributed by atoms with Crippen molar-refractivity contribution in [2.75, 3.05) is 20.1 Å². The third-order valence-electron chi connectivity index (χ3n) is 5.07. The Morgan fingerprint density at radius 1 is 1.27 bits per heavy atom. The Kier molecular flexibility index (Phi) is 5.77. The Morgan fingerprint density at radius 2 is 2.08 bits per heavy atom. The molecule has 1 aromatic carbocycles. The minimum Gasteiger partial charge on any atom is -0.341 e. The normalized spacial score (nSPS) is 17.2. The number of hydrogen-bond donors (Lipinski definition) is 0. The van der Waals surface area contributed by atoms with E-state index in [1.807, 2.05) is 29.5 Å². The first-order valence-electron chi connectivity index (χ1n) is 9.09. The van der Waals surface area contributed by atoms with E-state index in [4.69, 9.17) is 0 Å². The summed E-state index contributed by atoms with van der Waals surface area (Å²) in [5.41, 5.74) is 3.62. The fourth-order valence-electron chi connectivity index (χ4n) is 3.59. The molecule has 5 heteroatoms. The molecule has 1 fully saturated rings. The lowest BCUT2D eigenvalue weighted by Gasteiger charge is -2.34.